The molecule has 1 fully saturated rings. The van der Waals surface area contributed by atoms with Gasteiger partial charge in [0.2, 0.25) is 5.88 Å². The molecule has 1 amide bonds. The van der Waals surface area contributed by atoms with E-state index >= 15 is 0 Å². The summed E-state index contributed by atoms with van der Waals surface area (Å²) < 4.78 is 20.4. The van der Waals surface area contributed by atoms with Crippen LogP contribution < -0.4 is 9.64 Å². The highest BCUT2D eigenvalue weighted by molar-refractivity contribution is 5.95. The number of ether oxygens (including phenoxy) is 3. The Labute approximate surface area is 138 Å². The molecule has 0 radical (unpaired) electrons. The van der Waals surface area contributed by atoms with Crippen molar-refractivity contribution in [2.24, 2.45) is 0 Å². The third-order valence-electron chi connectivity index (χ3n) is 3.79. The second kappa shape index (κ2) is 6.66. The highest BCUT2D eigenvalue weighted by Crippen LogP contribution is 2.34. The number of cyclic esters (lactones) is 1. The zero-order valence-electron chi connectivity index (χ0n) is 13.4. The first-order valence-electron chi connectivity index (χ1n) is 7.40. The van der Waals surface area contributed by atoms with Gasteiger partial charge in [0.15, 0.2) is 0 Å². The second-order valence-corrected chi connectivity index (χ2v) is 5.27. The highest BCUT2D eigenvalue weighted by atomic mass is 16.6. The molecule has 1 aromatic heterocycles. The molecule has 2 heterocycles. The summed E-state index contributed by atoms with van der Waals surface area (Å²) in [5, 5.41) is 0. The summed E-state index contributed by atoms with van der Waals surface area (Å²) in [7, 11) is 2.63. The maximum absolute atomic E-state index is 12.1. The number of anilines is 1. The minimum absolute atomic E-state index is 0.00462. The molecule has 1 atom stereocenters. The van der Waals surface area contributed by atoms with Crippen molar-refractivity contribution in [1.82, 2.24) is 0 Å². The van der Waals surface area contributed by atoms with Crippen molar-refractivity contribution in [3.05, 3.63) is 47.5 Å². The molecule has 1 aliphatic rings. The quantitative estimate of drug-likeness (QED) is 0.784. The van der Waals surface area contributed by atoms with Gasteiger partial charge in [-0.15, -0.1) is 0 Å². The number of hydrogen-bond donors (Lipinski definition) is 0. The summed E-state index contributed by atoms with van der Waals surface area (Å²) in [5.74, 6) is -0.417. The number of nitrogens with zero attached hydrogens (tertiary/aromatic N) is 1. The fourth-order valence-electron chi connectivity index (χ4n) is 2.65. The molecule has 7 nitrogen and oxygen atoms in total. The van der Waals surface area contributed by atoms with E-state index in [0.29, 0.717) is 6.42 Å². The van der Waals surface area contributed by atoms with Gasteiger partial charge in [0.05, 0.1) is 20.3 Å². The van der Waals surface area contributed by atoms with Gasteiger partial charge in [-0.2, -0.15) is 0 Å². The first-order valence-corrected chi connectivity index (χ1v) is 7.40. The molecular formula is C17H17NO6. The molecule has 2 aromatic rings. The van der Waals surface area contributed by atoms with Crippen LogP contribution in [0.2, 0.25) is 0 Å². The Morgan fingerprint density at radius 1 is 1.29 bits per heavy atom. The molecule has 0 bridgehead atoms. The van der Waals surface area contributed by atoms with Gasteiger partial charge >= 0.3 is 18.0 Å². The van der Waals surface area contributed by atoms with Gasteiger partial charge in [-0.1, -0.05) is 30.3 Å². The lowest BCUT2D eigenvalue weighted by molar-refractivity contribution is 0.0594. The zero-order chi connectivity index (χ0) is 17.1. The summed E-state index contributed by atoms with van der Waals surface area (Å²) in [6.07, 6.45) is 0.0760. The van der Waals surface area contributed by atoms with Crippen LogP contribution in [0.25, 0.3) is 0 Å². The van der Waals surface area contributed by atoms with Crippen molar-refractivity contribution in [3.63, 3.8) is 0 Å². The second-order valence-electron chi connectivity index (χ2n) is 5.27. The van der Waals surface area contributed by atoms with Crippen molar-refractivity contribution in [2.75, 3.05) is 25.7 Å². The Bertz CT molecular complexity index is 739. The van der Waals surface area contributed by atoms with Crippen molar-refractivity contribution < 1.29 is 28.2 Å². The van der Waals surface area contributed by atoms with Crippen LogP contribution in [0.4, 0.5) is 10.7 Å². The van der Waals surface area contributed by atoms with Crippen LogP contribution in [0, 0.1) is 0 Å². The van der Waals surface area contributed by atoms with Gasteiger partial charge in [-0.3, -0.25) is 0 Å². The fraction of sp³-hybridized carbons (Fsp3) is 0.294. The number of amides is 1. The van der Waals surface area contributed by atoms with Crippen molar-refractivity contribution in [2.45, 2.75) is 12.5 Å². The Balaban J connectivity index is 1.89. The van der Waals surface area contributed by atoms with Crippen molar-refractivity contribution in [1.29, 1.82) is 0 Å². The van der Waals surface area contributed by atoms with Gasteiger partial charge < -0.3 is 18.6 Å². The Morgan fingerprint density at radius 2 is 2.04 bits per heavy atom. The van der Waals surface area contributed by atoms with Gasteiger partial charge in [-0.25, -0.2) is 14.5 Å². The van der Waals surface area contributed by atoms with E-state index < -0.39 is 12.1 Å². The van der Waals surface area contributed by atoms with Crippen LogP contribution >= 0.6 is 0 Å². The lowest BCUT2D eigenvalue weighted by atomic mass is 10.1. The van der Waals surface area contributed by atoms with Crippen LogP contribution in [0.15, 0.2) is 40.8 Å². The molecule has 0 aliphatic carbocycles. The Morgan fingerprint density at radius 3 is 2.71 bits per heavy atom. The lowest BCUT2D eigenvalue weighted by Crippen LogP contribution is -2.34. The average Bonchev–Trinajstić information content (AvgIpc) is 3.18. The molecule has 24 heavy (non-hydrogen) atoms. The number of esters is 1. The van der Waals surface area contributed by atoms with E-state index in [2.05, 4.69) is 0 Å². The van der Waals surface area contributed by atoms with E-state index in [1.54, 1.807) is 0 Å². The van der Waals surface area contributed by atoms with Crippen LogP contribution in [0.5, 0.6) is 5.95 Å². The largest absolute Gasteiger partial charge is 0.468 e. The summed E-state index contributed by atoms with van der Waals surface area (Å²) in [6, 6.07) is 10.9. The molecule has 126 valence electrons. The molecular weight excluding hydrogens is 314 g/mol. The first-order chi connectivity index (χ1) is 11.6. The topological polar surface area (TPSA) is 78.2 Å². The predicted octanol–water partition coefficient (Wildman–Crippen LogP) is 2.64. The zero-order valence-corrected chi connectivity index (χ0v) is 13.4. The number of rotatable bonds is 5. The lowest BCUT2D eigenvalue weighted by Gasteiger charge is -2.18. The summed E-state index contributed by atoms with van der Waals surface area (Å²) in [5.41, 5.74) is 1.19. The maximum atomic E-state index is 12.1. The van der Waals surface area contributed by atoms with E-state index in [9.17, 15) is 9.59 Å². The van der Waals surface area contributed by atoms with E-state index in [4.69, 9.17) is 18.6 Å². The SMILES string of the molecule is COC(=O)c1cc(N2C(=O)OC[C@H]2Cc2ccccc2)oc1OC. The van der Waals surface area contributed by atoms with Gasteiger partial charge in [-0.05, 0) is 12.0 Å². The molecule has 0 spiro atoms. The molecule has 1 saturated heterocycles. The Kier molecular flexibility index (Phi) is 4.41. The number of furan rings is 1. The molecule has 0 unspecified atom stereocenters. The van der Waals surface area contributed by atoms with Crippen LogP contribution in [0.1, 0.15) is 15.9 Å². The van der Waals surface area contributed by atoms with E-state index in [-0.39, 0.29) is 30.0 Å². The number of carbonyl (C=O) groups excluding carboxylic acids is 2. The van der Waals surface area contributed by atoms with E-state index in [0.717, 1.165) is 5.56 Å². The van der Waals surface area contributed by atoms with Crippen LogP contribution in [-0.2, 0) is 15.9 Å². The highest BCUT2D eigenvalue weighted by Gasteiger charge is 2.37. The summed E-state index contributed by atoms with van der Waals surface area (Å²) >= 11 is 0. The molecule has 0 N–H and O–H groups in total. The number of benzene rings is 1. The monoisotopic (exact) mass is 331 g/mol. The Hall–Kier alpha value is -2.96. The number of hydrogen-bond acceptors (Lipinski definition) is 6. The van der Waals surface area contributed by atoms with Gasteiger partial charge in [0.1, 0.15) is 12.2 Å². The minimum Gasteiger partial charge on any atom is -0.468 e. The van der Waals surface area contributed by atoms with Gasteiger partial charge in [0.25, 0.3) is 0 Å². The number of carbonyl (C=O) groups is 2. The molecule has 1 aliphatic heterocycles. The van der Waals surface area contributed by atoms with E-state index in [1.165, 1.54) is 25.2 Å². The minimum atomic E-state index is -0.603. The molecule has 3 rings (SSSR count). The summed E-state index contributed by atoms with van der Waals surface area (Å²) in [6.45, 7) is 0.240. The third kappa shape index (κ3) is 2.92. The van der Waals surface area contributed by atoms with Crippen LogP contribution in [0.3, 0.4) is 0 Å². The van der Waals surface area contributed by atoms with Crippen molar-refractivity contribution >= 4 is 17.9 Å². The maximum Gasteiger partial charge on any atom is 0.417 e. The number of methoxy groups -OCH3 is 2. The molecule has 7 heteroatoms. The third-order valence-corrected chi connectivity index (χ3v) is 3.79. The molecule has 1 aromatic carbocycles. The normalized spacial score (nSPS) is 16.8. The molecule has 0 saturated carbocycles. The van der Waals surface area contributed by atoms with Gasteiger partial charge in [0, 0.05) is 6.07 Å². The van der Waals surface area contributed by atoms with Crippen LogP contribution in [-0.4, -0.2) is 38.9 Å². The predicted molar refractivity (Wildman–Crippen MR) is 84.4 cm³/mol. The van der Waals surface area contributed by atoms with Crippen molar-refractivity contribution in [3.8, 4) is 5.95 Å². The van der Waals surface area contributed by atoms with E-state index in [1.807, 2.05) is 30.3 Å². The standard InChI is InChI=1S/C17H17NO6/c1-21-15(19)13-9-14(24-16(13)22-2)18-12(10-23-17(18)20)8-11-6-4-3-5-7-11/h3-7,9,12H,8,10H2,1-2H3/t12-/m1/s1. The average molecular weight is 331 g/mol. The fourth-order valence-corrected chi connectivity index (χ4v) is 2.65. The summed E-state index contributed by atoms with van der Waals surface area (Å²) in [4.78, 5) is 25.3. The smallest absolute Gasteiger partial charge is 0.417 e. The first kappa shape index (κ1) is 15.9.